The summed E-state index contributed by atoms with van der Waals surface area (Å²) in [5.41, 5.74) is 0.823. The van der Waals surface area contributed by atoms with Crippen molar-refractivity contribution in [3.63, 3.8) is 0 Å². The molecule has 1 N–H and O–H groups in total. The van der Waals surface area contributed by atoms with Crippen LogP contribution in [-0.2, 0) is 6.42 Å². The molecule has 0 aromatic carbocycles. The molecule has 4 nitrogen and oxygen atoms in total. The lowest BCUT2D eigenvalue weighted by atomic mass is 9.91. The average Bonchev–Trinajstić information content (AvgIpc) is 3.14. The molecule has 102 valence electrons. The molecule has 4 heteroatoms. The van der Waals surface area contributed by atoms with Crippen LogP contribution in [0.15, 0.2) is 22.7 Å². The Kier molecular flexibility index (Phi) is 3.40. The van der Waals surface area contributed by atoms with E-state index in [9.17, 15) is 4.79 Å². The van der Waals surface area contributed by atoms with Gasteiger partial charge in [-0.15, -0.1) is 0 Å². The minimum Gasteiger partial charge on any atom is -0.351 e. The highest BCUT2D eigenvalue weighted by atomic mass is 16.5. The third-order valence-electron chi connectivity index (χ3n) is 4.36. The predicted molar refractivity (Wildman–Crippen MR) is 71.7 cm³/mol. The number of allylic oxidation sites excluding steroid dienone is 2. The van der Waals surface area contributed by atoms with Crippen LogP contribution in [0.1, 0.15) is 42.4 Å². The fourth-order valence-corrected chi connectivity index (χ4v) is 3.27. The lowest BCUT2D eigenvalue weighted by Gasteiger charge is -2.17. The Bertz CT molecular complexity index is 492. The molecule has 1 aromatic heterocycles. The standard InChI is InChI=1S/C15H20N2O2/c1-2-13-9-14(19-17-13)15(18)16-6-5-12-8-10-3-4-11(12)7-10/h3-4,9-12H,2,5-8H2,1H3,(H,16,18)/t10-,11+,12-/m1/s1. The van der Waals surface area contributed by atoms with Crippen LogP contribution in [-0.4, -0.2) is 17.6 Å². The molecule has 1 saturated carbocycles. The van der Waals surface area contributed by atoms with E-state index in [-0.39, 0.29) is 5.91 Å². The van der Waals surface area contributed by atoms with Gasteiger partial charge in [0.2, 0.25) is 5.76 Å². The molecule has 1 heterocycles. The third kappa shape index (κ3) is 2.57. The maximum Gasteiger partial charge on any atom is 0.289 e. The van der Waals surface area contributed by atoms with E-state index in [2.05, 4.69) is 22.6 Å². The topological polar surface area (TPSA) is 55.1 Å². The molecule has 0 spiro atoms. The monoisotopic (exact) mass is 260 g/mol. The highest BCUT2D eigenvalue weighted by Gasteiger charge is 2.34. The number of carbonyl (C=O) groups is 1. The van der Waals surface area contributed by atoms with Gasteiger partial charge >= 0.3 is 0 Å². The van der Waals surface area contributed by atoms with Crippen molar-refractivity contribution >= 4 is 5.91 Å². The molecule has 2 aliphatic carbocycles. The van der Waals surface area contributed by atoms with E-state index in [0.717, 1.165) is 42.8 Å². The Hall–Kier alpha value is -1.58. The first-order valence-corrected chi connectivity index (χ1v) is 7.18. The molecule has 2 aliphatic rings. The fourth-order valence-electron chi connectivity index (χ4n) is 3.27. The molecule has 0 saturated heterocycles. The zero-order valence-electron chi connectivity index (χ0n) is 11.3. The summed E-state index contributed by atoms with van der Waals surface area (Å²) in [6, 6.07) is 1.72. The second-order valence-corrected chi connectivity index (χ2v) is 5.62. The molecule has 0 aliphatic heterocycles. The van der Waals surface area contributed by atoms with Crippen molar-refractivity contribution in [3.8, 4) is 0 Å². The van der Waals surface area contributed by atoms with Gasteiger partial charge in [0, 0.05) is 12.6 Å². The molecule has 1 fully saturated rings. The van der Waals surface area contributed by atoms with Crippen LogP contribution in [0.2, 0.25) is 0 Å². The van der Waals surface area contributed by atoms with Crippen molar-refractivity contribution in [1.82, 2.24) is 10.5 Å². The Balaban J connectivity index is 1.45. The number of rotatable bonds is 5. The SMILES string of the molecule is CCc1cc(C(=O)NCC[C@@H]2C[C@@H]3C=C[C@H]2C3)on1. The van der Waals surface area contributed by atoms with E-state index >= 15 is 0 Å². The quantitative estimate of drug-likeness (QED) is 0.828. The van der Waals surface area contributed by atoms with Gasteiger partial charge in [-0.1, -0.05) is 24.2 Å². The van der Waals surface area contributed by atoms with Gasteiger partial charge in [-0.2, -0.15) is 0 Å². The first kappa shape index (κ1) is 12.5. The van der Waals surface area contributed by atoms with Crippen LogP contribution in [0.4, 0.5) is 0 Å². The van der Waals surface area contributed by atoms with E-state index in [1.165, 1.54) is 12.8 Å². The first-order chi connectivity index (χ1) is 9.26. The summed E-state index contributed by atoms with van der Waals surface area (Å²) in [7, 11) is 0. The number of aryl methyl sites for hydroxylation is 1. The zero-order valence-corrected chi connectivity index (χ0v) is 11.3. The van der Waals surface area contributed by atoms with Crippen molar-refractivity contribution in [2.45, 2.75) is 32.6 Å². The third-order valence-corrected chi connectivity index (χ3v) is 4.36. The van der Waals surface area contributed by atoms with Crippen LogP contribution < -0.4 is 5.32 Å². The zero-order chi connectivity index (χ0) is 13.2. The number of aromatic nitrogens is 1. The van der Waals surface area contributed by atoms with E-state index in [0.29, 0.717) is 5.76 Å². The molecule has 1 aromatic rings. The van der Waals surface area contributed by atoms with Crippen molar-refractivity contribution in [2.75, 3.05) is 6.54 Å². The highest BCUT2D eigenvalue weighted by Crippen LogP contribution is 2.44. The van der Waals surface area contributed by atoms with Gasteiger partial charge in [0.05, 0.1) is 5.69 Å². The smallest absolute Gasteiger partial charge is 0.289 e. The molecule has 1 amide bonds. The van der Waals surface area contributed by atoms with Gasteiger partial charge in [-0.25, -0.2) is 0 Å². The van der Waals surface area contributed by atoms with E-state index in [4.69, 9.17) is 4.52 Å². The van der Waals surface area contributed by atoms with Gasteiger partial charge < -0.3 is 9.84 Å². The Morgan fingerprint density at radius 2 is 2.37 bits per heavy atom. The number of fused-ring (bicyclic) bond motifs is 2. The van der Waals surface area contributed by atoms with Crippen LogP contribution in [0, 0.1) is 17.8 Å². The second kappa shape index (κ2) is 5.19. The van der Waals surface area contributed by atoms with Gasteiger partial charge in [-0.05, 0) is 43.4 Å². The highest BCUT2D eigenvalue weighted by molar-refractivity contribution is 5.91. The van der Waals surface area contributed by atoms with Crippen LogP contribution in [0.5, 0.6) is 0 Å². The molecule has 0 radical (unpaired) electrons. The summed E-state index contributed by atoms with van der Waals surface area (Å²) in [4.78, 5) is 11.8. The summed E-state index contributed by atoms with van der Waals surface area (Å²) >= 11 is 0. The van der Waals surface area contributed by atoms with E-state index in [1.54, 1.807) is 6.07 Å². The van der Waals surface area contributed by atoms with Crippen molar-refractivity contribution < 1.29 is 9.32 Å². The van der Waals surface area contributed by atoms with E-state index in [1.807, 2.05) is 6.92 Å². The summed E-state index contributed by atoms with van der Waals surface area (Å²) in [5.74, 6) is 2.47. The minimum absolute atomic E-state index is 0.147. The fraction of sp³-hybridized carbons (Fsp3) is 0.600. The van der Waals surface area contributed by atoms with Gasteiger partial charge in [0.15, 0.2) is 0 Å². The molecular weight excluding hydrogens is 240 g/mol. The summed E-state index contributed by atoms with van der Waals surface area (Å²) < 4.78 is 5.02. The number of carbonyl (C=O) groups excluding carboxylic acids is 1. The van der Waals surface area contributed by atoms with Gasteiger partial charge in [0.25, 0.3) is 5.91 Å². The van der Waals surface area contributed by atoms with Crippen molar-refractivity contribution in [1.29, 1.82) is 0 Å². The normalized spacial score (nSPS) is 27.9. The molecule has 0 unspecified atom stereocenters. The number of hydrogen-bond acceptors (Lipinski definition) is 3. The molecule has 2 bridgehead atoms. The van der Waals surface area contributed by atoms with Gasteiger partial charge in [0.1, 0.15) is 0 Å². The average molecular weight is 260 g/mol. The minimum atomic E-state index is -0.147. The van der Waals surface area contributed by atoms with Crippen molar-refractivity contribution in [2.24, 2.45) is 17.8 Å². The molecule has 19 heavy (non-hydrogen) atoms. The number of hydrogen-bond donors (Lipinski definition) is 1. The van der Waals surface area contributed by atoms with E-state index < -0.39 is 0 Å². The lowest BCUT2D eigenvalue weighted by molar-refractivity contribution is 0.0913. The van der Waals surface area contributed by atoms with Crippen LogP contribution in [0.25, 0.3) is 0 Å². The molecular formula is C15H20N2O2. The summed E-state index contributed by atoms with van der Waals surface area (Å²) in [6.07, 6.45) is 9.16. The summed E-state index contributed by atoms with van der Waals surface area (Å²) in [5, 5.41) is 6.75. The molecule has 3 rings (SSSR count). The number of nitrogens with one attached hydrogen (secondary N) is 1. The number of amides is 1. The van der Waals surface area contributed by atoms with Crippen LogP contribution in [0.3, 0.4) is 0 Å². The maximum atomic E-state index is 11.8. The first-order valence-electron chi connectivity index (χ1n) is 7.18. The van der Waals surface area contributed by atoms with Crippen LogP contribution >= 0.6 is 0 Å². The Labute approximate surface area is 113 Å². The molecule has 3 atom stereocenters. The van der Waals surface area contributed by atoms with Gasteiger partial charge in [-0.3, -0.25) is 4.79 Å². The second-order valence-electron chi connectivity index (χ2n) is 5.62. The summed E-state index contributed by atoms with van der Waals surface area (Å²) in [6.45, 7) is 2.71. The largest absolute Gasteiger partial charge is 0.351 e. The Morgan fingerprint density at radius 1 is 1.47 bits per heavy atom. The number of nitrogens with zero attached hydrogens (tertiary/aromatic N) is 1. The Morgan fingerprint density at radius 3 is 3.00 bits per heavy atom. The lowest BCUT2D eigenvalue weighted by Crippen LogP contribution is -2.26. The predicted octanol–water partition coefficient (Wildman–Crippen LogP) is 2.57. The van der Waals surface area contributed by atoms with Crippen molar-refractivity contribution in [3.05, 3.63) is 29.7 Å². The maximum absolute atomic E-state index is 11.8.